The van der Waals surface area contributed by atoms with Crippen LogP contribution in [-0.2, 0) is 14.1 Å². The second kappa shape index (κ2) is 9.36. The fourth-order valence-corrected chi connectivity index (χ4v) is 4.15. The molecule has 37 heavy (non-hydrogen) atoms. The van der Waals surface area contributed by atoms with E-state index in [0.717, 1.165) is 33.6 Å². The number of nitrogens with one attached hydrogen (secondary N) is 1. The van der Waals surface area contributed by atoms with Gasteiger partial charge in [0, 0.05) is 37.6 Å². The molecular weight excluding hydrogens is 470 g/mol. The highest BCUT2D eigenvalue weighted by atomic mass is 16.5. The van der Waals surface area contributed by atoms with Crippen LogP contribution in [0.2, 0.25) is 0 Å². The first-order valence-corrected chi connectivity index (χ1v) is 11.5. The van der Waals surface area contributed by atoms with Crippen molar-refractivity contribution in [1.82, 2.24) is 34.3 Å². The molecule has 0 fully saturated rings. The molecule has 1 aromatic carbocycles. The zero-order chi connectivity index (χ0) is 26.3. The molecule has 0 bridgehead atoms. The van der Waals surface area contributed by atoms with Crippen LogP contribution < -0.4 is 15.8 Å². The number of nitrogens with two attached hydrogens (primary N) is 1. The van der Waals surface area contributed by atoms with Gasteiger partial charge in [-0.1, -0.05) is 18.7 Å². The maximum absolute atomic E-state index is 10.2. The van der Waals surface area contributed by atoms with Crippen LogP contribution in [0.4, 0.5) is 11.6 Å². The number of aliphatic hydroxyl groups excluding tert-OH is 1. The van der Waals surface area contributed by atoms with E-state index in [1.165, 1.54) is 6.33 Å². The smallest absolute Gasteiger partial charge is 0.322 e. The number of nitrogen functional groups attached to an aromatic ring is 1. The Labute approximate surface area is 213 Å². The molecule has 0 aliphatic rings. The predicted octanol–water partition coefficient (Wildman–Crippen LogP) is 3.82. The molecule has 0 aliphatic heterocycles. The van der Waals surface area contributed by atoms with Crippen LogP contribution in [0, 0.1) is 6.92 Å². The number of fused-ring (bicyclic) bond motifs is 1. The Morgan fingerprint density at radius 1 is 1.14 bits per heavy atom. The molecule has 11 heteroatoms. The number of benzene rings is 1. The maximum Gasteiger partial charge on any atom is 0.322 e. The summed E-state index contributed by atoms with van der Waals surface area (Å²) in [6.45, 7) is 7.40. The topological polar surface area (TPSA) is 142 Å². The summed E-state index contributed by atoms with van der Waals surface area (Å²) >= 11 is 0. The lowest BCUT2D eigenvalue weighted by Gasteiger charge is -2.10. The summed E-state index contributed by atoms with van der Waals surface area (Å²) in [5.74, 6) is 1.47. The van der Waals surface area contributed by atoms with Crippen molar-refractivity contribution in [3.8, 4) is 34.3 Å². The van der Waals surface area contributed by atoms with Crippen molar-refractivity contribution < 1.29 is 9.84 Å². The number of aryl methyl sites for hydroxylation is 3. The highest BCUT2D eigenvalue weighted by molar-refractivity contribution is 6.07. The lowest BCUT2D eigenvalue weighted by atomic mass is 10.0. The van der Waals surface area contributed by atoms with Crippen molar-refractivity contribution in [3.05, 3.63) is 66.8 Å². The summed E-state index contributed by atoms with van der Waals surface area (Å²) in [6.07, 6.45) is 2.19. The van der Waals surface area contributed by atoms with Gasteiger partial charge in [-0.2, -0.15) is 5.10 Å². The quantitative estimate of drug-likeness (QED) is 0.226. The van der Waals surface area contributed by atoms with Gasteiger partial charge in [0.05, 0.1) is 16.8 Å². The minimum absolute atomic E-state index is 0.281. The van der Waals surface area contributed by atoms with Crippen LogP contribution >= 0.6 is 0 Å². The molecule has 0 saturated carbocycles. The highest BCUT2D eigenvalue weighted by Crippen LogP contribution is 2.42. The van der Waals surface area contributed by atoms with Crippen LogP contribution in [0.1, 0.15) is 12.6 Å². The van der Waals surface area contributed by atoms with Crippen molar-refractivity contribution >= 4 is 22.7 Å². The number of nitrogens with zero attached hydrogens (tertiary/aromatic N) is 7. The molecule has 1 unspecified atom stereocenters. The first-order valence-electron chi connectivity index (χ1n) is 11.5. The van der Waals surface area contributed by atoms with E-state index in [9.17, 15) is 5.11 Å². The van der Waals surface area contributed by atoms with Gasteiger partial charge in [-0.3, -0.25) is 4.68 Å². The van der Waals surface area contributed by atoms with Crippen molar-refractivity contribution in [3.63, 3.8) is 0 Å². The number of anilines is 2. The van der Waals surface area contributed by atoms with Crippen molar-refractivity contribution in [2.75, 3.05) is 11.1 Å². The third-order valence-electron chi connectivity index (χ3n) is 6.00. The molecule has 0 amide bonds. The maximum atomic E-state index is 10.2. The van der Waals surface area contributed by atoms with Crippen molar-refractivity contribution in [1.29, 1.82) is 0 Å². The monoisotopic (exact) mass is 497 g/mol. The zero-order valence-corrected chi connectivity index (χ0v) is 21.0. The average molecular weight is 498 g/mol. The normalized spacial score (nSPS) is 12.0. The van der Waals surface area contributed by atoms with Crippen molar-refractivity contribution in [2.45, 2.75) is 20.1 Å². The third-order valence-corrected chi connectivity index (χ3v) is 6.00. The molecule has 4 heterocycles. The minimum Gasteiger partial charge on any atom is -0.424 e. The fourth-order valence-electron chi connectivity index (χ4n) is 4.15. The number of hydrogen-bond donors (Lipinski definition) is 3. The first-order chi connectivity index (χ1) is 17.7. The van der Waals surface area contributed by atoms with Crippen LogP contribution in [0.15, 0.2) is 61.1 Å². The van der Waals surface area contributed by atoms with E-state index in [4.69, 9.17) is 10.5 Å². The average Bonchev–Trinajstić information content (AvgIpc) is 3.36. The standard InChI is InChI=1S/C26H27N9O2/c1-14(2)25(36)32-19-12-18(35(5)33-19)22-20(21-23(27)29-13-30-24(21)34(22)4)16-6-8-17(9-7-16)37-26-28-11-10-15(3)31-26/h6-13,25,36H,1H2,2-5H3,(H,32,33)(H2,27,29,30). The van der Waals surface area contributed by atoms with Gasteiger partial charge in [-0.05, 0) is 43.2 Å². The van der Waals surface area contributed by atoms with E-state index in [0.29, 0.717) is 28.6 Å². The second-order valence-corrected chi connectivity index (χ2v) is 8.78. The molecule has 4 N–H and O–H groups in total. The van der Waals surface area contributed by atoms with Crippen LogP contribution in [-0.4, -0.2) is 45.6 Å². The van der Waals surface area contributed by atoms with Crippen LogP contribution in [0.5, 0.6) is 11.8 Å². The Kier molecular flexibility index (Phi) is 6.06. The summed E-state index contributed by atoms with van der Waals surface area (Å²) in [5.41, 5.74) is 11.8. The molecular formula is C26H27N9O2. The van der Waals surface area contributed by atoms with Crippen LogP contribution in [0.25, 0.3) is 33.5 Å². The largest absolute Gasteiger partial charge is 0.424 e. The van der Waals surface area contributed by atoms with Gasteiger partial charge < -0.3 is 25.5 Å². The Balaban J connectivity index is 1.62. The lowest BCUT2D eigenvalue weighted by molar-refractivity contribution is 0.240. The molecule has 1 atom stereocenters. The summed E-state index contributed by atoms with van der Waals surface area (Å²) in [6, 6.07) is 11.5. The molecule has 4 aromatic heterocycles. The Morgan fingerprint density at radius 3 is 2.59 bits per heavy atom. The molecule has 11 nitrogen and oxygen atoms in total. The SMILES string of the molecule is C=C(C)C(O)Nc1cc(-c2c(-c3ccc(Oc4nccc(C)n4)cc3)c3c(N)ncnc3n2C)n(C)n1. The van der Waals surface area contributed by atoms with E-state index < -0.39 is 6.23 Å². The van der Waals surface area contributed by atoms with E-state index in [1.807, 2.05) is 62.0 Å². The molecule has 0 aliphatic carbocycles. The number of rotatable bonds is 7. The third kappa shape index (κ3) is 4.47. The molecule has 188 valence electrons. The van der Waals surface area contributed by atoms with Crippen LogP contribution in [0.3, 0.4) is 0 Å². The van der Waals surface area contributed by atoms with Gasteiger partial charge >= 0.3 is 6.01 Å². The fraction of sp³-hybridized carbons (Fsp3) is 0.192. The lowest BCUT2D eigenvalue weighted by Crippen LogP contribution is -2.19. The highest BCUT2D eigenvalue weighted by Gasteiger charge is 2.24. The second-order valence-electron chi connectivity index (χ2n) is 8.78. The summed E-state index contributed by atoms with van der Waals surface area (Å²) in [7, 11) is 3.76. The van der Waals surface area contributed by atoms with Gasteiger partial charge in [0.25, 0.3) is 0 Å². The summed E-state index contributed by atoms with van der Waals surface area (Å²) in [5, 5.41) is 18.4. The zero-order valence-electron chi connectivity index (χ0n) is 21.0. The van der Waals surface area contributed by atoms with E-state index in [2.05, 4.69) is 36.9 Å². The van der Waals surface area contributed by atoms with E-state index in [1.54, 1.807) is 17.8 Å². The van der Waals surface area contributed by atoms with Gasteiger partial charge in [0.15, 0.2) is 5.82 Å². The van der Waals surface area contributed by atoms with Gasteiger partial charge in [-0.15, -0.1) is 0 Å². The Bertz CT molecular complexity index is 1620. The number of ether oxygens (including phenoxy) is 1. The summed E-state index contributed by atoms with van der Waals surface area (Å²) in [4.78, 5) is 17.2. The number of aliphatic hydroxyl groups is 1. The van der Waals surface area contributed by atoms with Gasteiger partial charge in [0.1, 0.15) is 29.8 Å². The number of aromatic nitrogens is 7. The van der Waals surface area contributed by atoms with E-state index in [-0.39, 0.29) is 6.01 Å². The Morgan fingerprint density at radius 2 is 1.89 bits per heavy atom. The minimum atomic E-state index is -0.916. The molecule has 5 aromatic rings. The molecule has 0 saturated heterocycles. The Hall–Kier alpha value is -4.77. The molecule has 0 radical (unpaired) electrons. The molecule has 5 rings (SSSR count). The van der Waals surface area contributed by atoms with Gasteiger partial charge in [-0.25, -0.2) is 19.9 Å². The van der Waals surface area contributed by atoms with Crippen molar-refractivity contribution in [2.24, 2.45) is 14.1 Å². The first kappa shape index (κ1) is 23.9. The molecule has 0 spiro atoms. The predicted molar refractivity (Wildman–Crippen MR) is 142 cm³/mol. The van der Waals surface area contributed by atoms with Gasteiger partial charge in [0.2, 0.25) is 0 Å². The summed E-state index contributed by atoms with van der Waals surface area (Å²) < 4.78 is 9.53. The number of hydrogen-bond acceptors (Lipinski definition) is 9. The van der Waals surface area contributed by atoms with E-state index >= 15 is 0 Å².